The number of nitrogens with zero attached hydrogens (tertiary/aromatic N) is 1. The SMILES string of the molecule is CCCNCC1CCN(CCCC(C)C)CC1. The summed E-state index contributed by atoms with van der Waals surface area (Å²) in [4.78, 5) is 2.67. The predicted octanol–water partition coefficient (Wildman–Crippen LogP) is 3.13. The van der Waals surface area contributed by atoms with Crippen molar-refractivity contribution in [3.05, 3.63) is 0 Å². The van der Waals surface area contributed by atoms with Crippen molar-refractivity contribution in [1.29, 1.82) is 0 Å². The van der Waals surface area contributed by atoms with Gasteiger partial charge in [-0.1, -0.05) is 20.8 Å². The van der Waals surface area contributed by atoms with E-state index in [0.717, 1.165) is 11.8 Å². The molecule has 0 aromatic rings. The fourth-order valence-corrected chi connectivity index (χ4v) is 2.62. The molecule has 1 fully saturated rings. The van der Waals surface area contributed by atoms with Crippen molar-refractivity contribution < 1.29 is 0 Å². The Labute approximate surface area is 108 Å². The van der Waals surface area contributed by atoms with Crippen LogP contribution in [0.2, 0.25) is 0 Å². The second-order valence-corrected chi connectivity index (χ2v) is 6.03. The molecule has 0 amide bonds. The van der Waals surface area contributed by atoms with Gasteiger partial charge in [0.15, 0.2) is 0 Å². The minimum atomic E-state index is 0.866. The molecule has 0 aromatic heterocycles. The van der Waals surface area contributed by atoms with E-state index in [1.807, 2.05) is 0 Å². The molecule has 1 heterocycles. The average molecular weight is 240 g/mol. The summed E-state index contributed by atoms with van der Waals surface area (Å²) in [6.07, 6.45) is 6.83. The lowest BCUT2D eigenvalue weighted by Gasteiger charge is -2.32. The Hall–Kier alpha value is -0.0800. The van der Waals surface area contributed by atoms with Gasteiger partial charge in [-0.05, 0) is 76.7 Å². The van der Waals surface area contributed by atoms with E-state index in [1.54, 1.807) is 0 Å². The number of piperidine rings is 1. The molecule has 2 heteroatoms. The van der Waals surface area contributed by atoms with Crippen molar-refractivity contribution in [1.82, 2.24) is 10.2 Å². The Morgan fingerprint density at radius 2 is 1.94 bits per heavy atom. The van der Waals surface area contributed by atoms with E-state index in [0.29, 0.717) is 0 Å². The van der Waals surface area contributed by atoms with Crippen molar-refractivity contribution in [2.45, 2.75) is 52.9 Å². The highest BCUT2D eigenvalue weighted by Crippen LogP contribution is 2.17. The predicted molar refractivity (Wildman–Crippen MR) is 76.4 cm³/mol. The maximum absolute atomic E-state index is 3.56. The third-order valence-electron chi connectivity index (χ3n) is 3.82. The molecular formula is C15H32N2. The second-order valence-electron chi connectivity index (χ2n) is 6.03. The number of likely N-dealkylation sites (tertiary alicyclic amines) is 1. The van der Waals surface area contributed by atoms with Gasteiger partial charge in [-0.15, -0.1) is 0 Å². The summed E-state index contributed by atoms with van der Waals surface area (Å²) in [7, 11) is 0. The van der Waals surface area contributed by atoms with Gasteiger partial charge in [-0.2, -0.15) is 0 Å². The van der Waals surface area contributed by atoms with E-state index in [9.17, 15) is 0 Å². The van der Waals surface area contributed by atoms with Crippen LogP contribution in [-0.4, -0.2) is 37.6 Å². The van der Waals surface area contributed by atoms with Crippen LogP contribution in [0.1, 0.15) is 52.9 Å². The summed E-state index contributed by atoms with van der Waals surface area (Å²) in [6.45, 7) is 13.3. The van der Waals surface area contributed by atoms with Gasteiger partial charge < -0.3 is 10.2 Å². The molecule has 0 bridgehead atoms. The third-order valence-corrected chi connectivity index (χ3v) is 3.82. The minimum absolute atomic E-state index is 0.866. The van der Waals surface area contributed by atoms with Crippen molar-refractivity contribution in [3.63, 3.8) is 0 Å². The quantitative estimate of drug-likeness (QED) is 0.656. The highest BCUT2D eigenvalue weighted by Gasteiger charge is 2.18. The van der Waals surface area contributed by atoms with Crippen LogP contribution in [0.3, 0.4) is 0 Å². The van der Waals surface area contributed by atoms with Crippen molar-refractivity contribution in [3.8, 4) is 0 Å². The fraction of sp³-hybridized carbons (Fsp3) is 1.00. The van der Waals surface area contributed by atoms with Gasteiger partial charge in [0, 0.05) is 0 Å². The Balaban J connectivity index is 2.01. The van der Waals surface area contributed by atoms with E-state index in [-0.39, 0.29) is 0 Å². The summed E-state index contributed by atoms with van der Waals surface area (Å²) in [6, 6.07) is 0. The average Bonchev–Trinajstić information content (AvgIpc) is 2.31. The van der Waals surface area contributed by atoms with Gasteiger partial charge in [0.25, 0.3) is 0 Å². The molecule has 1 aliphatic heterocycles. The van der Waals surface area contributed by atoms with Crippen LogP contribution in [0.5, 0.6) is 0 Å². The van der Waals surface area contributed by atoms with E-state index >= 15 is 0 Å². The molecule has 0 spiro atoms. The Kier molecular flexibility index (Phi) is 7.87. The first-order valence-electron chi connectivity index (χ1n) is 7.65. The highest BCUT2D eigenvalue weighted by molar-refractivity contribution is 4.73. The normalized spacial score (nSPS) is 19.1. The third kappa shape index (κ3) is 7.05. The first kappa shape index (κ1) is 15.0. The smallest absolute Gasteiger partial charge is 0.00156 e. The van der Waals surface area contributed by atoms with Gasteiger partial charge in [0.2, 0.25) is 0 Å². The summed E-state index contributed by atoms with van der Waals surface area (Å²) in [5.74, 6) is 1.80. The zero-order chi connectivity index (χ0) is 12.5. The lowest BCUT2D eigenvalue weighted by atomic mass is 9.96. The van der Waals surface area contributed by atoms with Crippen LogP contribution in [0, 0.1) is 11.8 Å². The van der Waals surface area contributed by atoms with Gasteiger partial charge in [-0.25, -0.2) is 0 Å². The lowest BCUT2D eigenvalue weighted by Crippen LogP contribution is -2.37. The molecule has 0 unspecified atom stereocenters. The molecule has 1 aliphatic rings. The lowest BCUT2D eigenvalue weighted by molar-refractivity contribution is 0.178. The zero-order valence-corrected chi connectivity index (χ0v) is 12.2. The van der Waals surface area contributed by atoms with E-state index < -0.39 is 0 Å². The second kappa shape index (κ2) is 8.93. The molecule has 0 aliphatic carbocycles. The molecule has 17 heavy (non-hydrogen) atoms. The van der Waals surface area contributed by atoms with Crippen molar-refractivity contribution in [2.24, 2.45) is 11.8 Å². The van der Waals surface area contributed by atoms with Crippen molar-refractivity contribution >= 4 is 0 Å². The highest BCUT2D eigenvalue weighted by atomic mass is 15.1. The summed E-state index contributed by atoms with van der Waals surface area (Å²) >= 11 is 0. The van der Waals surface area contributed by atoms with Crippen LogP contribution >= 0.6 is 0 Å². The Bertz CT molecular complexity index is 172. The van der Waals surface area contributed by atoms with Crippen LogP contribution in [0.4, 0.5) is 0 Å². The molecule has 0 saturated carbocycles. The first-order chi connectivity index (χ1) is 8.22. The Morgan fingerprint density at radius 1 is 1.24 bits per heavy atom. The summed E-state index contributed by atoms with van der Waals surface area (Å²) in [5.41, 5.74) is 0. The van der Waals surface area contributed by atoms with Gasteiger partial charge in [0.05, 0.1) is 0 Å². The summed E-state index contributed by atoms with van der Waals surface area (Å²) in [5, 5.41) is 3.56. The molecule has 2 nitrogen and oxygen atoms in total. The minimum Gasteiger partial charge on any atom is -0.316 e. The first-order valence-corrected chi connectivity index (χ1v) is 7.65. The molecule has 0 atom stereocenters. The van der Waals surface area contributed by atoms with Gasteiger partial charge in [-0.3, -0.25) is 0 Å². The molecule has 1 rings (SSSR count). The monoisotopic (exact) mass is 240 g/mol. The number of rotatable bonds is 8. The zero-order valence-electron chi connectivity index (χ0n) is 12.2. The molecular weight excluding hydrogens is 208 g/mol. The van der Waals surface area contributed by atoms with Crippen LogP contribution in [0.25, 0.3) is 0 Å². The van der Waals surface area contributed by atoms with Crippen molar-refractivity contribution in [2.75, 3.05) is 32.7 Å². The van der Waals surface area contributed by atoms with E-state index in [2.05, 4.69) is 31.0 Å². The molecule has 1 saturated heterocycles. The number of hydrogen-bond donors (Lipinski definition) is 1. The van der Waals surface area contributed by atoms with Crippen LogP contribution in [-0.2, 0) is 0 Å². The maximum Gasteiger partial charge on any atom is -0.00156 e. The van der Waals surface area contributed by atoms with Gasteiger partial charge in [0.1, 0.15) is 0 Å². The van der Waals surface area contributed by atoms with E-state index in [1.165, 1.54) is 64.8 Å². The number of nitrogens with one attached hydrogen (secondary N) is 1. The van der Waals surface area contributed by atoms with E-state index in [4.69, 9.17) is 0 Å². The van der Waals surface area contributed by atoms with Crippen LogP contribution in [0.15, 0.2) is 0 Å². The largest absolute Gasteiger partial charge is 0.316 e. The standard InChI is InChI=1S/C15H32N2/c1-4-9-16-13-15-7-11-17(12-8-15)10-5-6-14(2)3/h14-16H,4-13H2,1-3H3. The van der Waals surface area contributed by atoms with Gasteiger partial charge >= 0.3 is 0 Å². The van der Waals surface area contributed by atoms with Crippen LogP contribution < -0.4 is 5.32 Å². The topological polar surface area (TPSA) is 15.3 Å². The molecule has 0 aromatic carbocycles. The summed E-state index contributed by atoms with van der Waals surface area (Å²) < 4.78 is 0. The fourth-order valence-electron chi connectivity index (χ4n) is 2.62. The maximum atomic E-state index is 3.56. The molecule has 102 valence electrons. The molecule has 0 radical (unpaired) electrons. The molecule has 1 N–H and O–H groups in total. The Morgan fingerprint density at radius 3 is 2.53 bits per heavy atom. The number of hydrogen-bond acceptors (Lipinski definition) is 2.